The summed E-state index contributed by atoms with van der Waals surface area (Å²) >= 11 is 0. The Morgan fingerprint density at radius 1 is 1.07 bits per heavy atom. The number of piperidine rings is 1. The normalized spacial score (nSPS) is 18.0. The van der Waals surface area contributed by atoms with Crippen LogP contribution in [0.3, 0.4) is 0 Å². The molecule has 0 atom stereocenters. The van der Waals surface area contributed by atoms with E-state index in [2.05, 4.69) is 40.2 Å². The molecular weight excluding hydrogens is 362 g/mol. The molecule has 3 heterocycles. The topological polar surface area (TPSA) is 45.7 Å². The van der Waals surface area contributed by atoms with Gasteiger partial charge >= 0.3 is 0 Å². The molecule has 0 aliphatic carbocycles. The van der Waals surface area contributed by atoms with Crippen LogP contribution < -0.4 is 4.90 Å². The number of hydrogen-bond donors (Lipinski definition) is 0. The standard InChI is InChI=1S/C24H31N3O2/c1-2-29-15-11-24(28)26-13-9-20(10-14-26)19-5-7-23(8-6-19)27-17-22(18-27)21-4-3-12-25-16-21/h3-8,12,16,20,22H,2,9-11,13-15,17-18H2,1H3. The molecule has 4 rings (SSSR count). The highest BCUT2D eigenvalue weighted by Crippen LogP contribution is 2.33. The average Bonchev–Trinajstić information content (AvgIpc) is 2.74. The number of carbonyl (C=O) groups excluding carboxylic acids is 1. The molecule has 0 N–H and O–H groups in total. The molecule has 0 radical (unpaired) electrons. The van der Waals surface area contributed by atoms with E-state index in [4.69, 9.17) is 4.74 Å². The van der Waals surface area contributed by atoms with Crippen molar-refractivity contribution in [3.8, 4) is 0 Å². The number of likely N-dealkylation sites (tertiary alicyclic amines) is 1. The number of aromatic nitrogens is 1. The summed E-state index contributed by atoms with van der Waals surface area (Å²) in [5.74, 6) is 1.38. The highest BCUT2D eigenvalue weighted by atomic mass is 16.5. The van der Waals surface area contributed by atoms with Gasteiger partial charge in [0.1, 0.15) is 0 Å². The Labute approximate surface area is 173 Å². The molecule has 154 valence electrons. The smallest absolute Gasteiger partial charge is 0.224 e. The minimum atomic E-state index is 0.230. The van der Waals surface area contributed by atoms with Crippen molar-refractivity contribution in [2.24, 2.45) is 0 Å². The lowest BCUT2D eigenvalue weighted by molar-refractivity contribution is -0.133. The molecule has 2 aromatic rings. The maximum absolute atomic E-state index is 12.2. The van der Waals surface area contributed by atoms with Crippen molar-refractivity contribution in [3.05, 3.63) is 59.9 Å². The van der Waals surface area contributed by atoms with Gasteiger partial charge in [-0.3, -0.25) is 9.78 Å². The van der Waals surface area contributed by atoms with Crippen molar-refractivity contribution in [1.82, 2.24) is 9.88 Å². The van der Waals surface area contributed by atoms with Crippen LogP contribution in [0.4, 0.5) is 5.69 Å². The first kappa shape index (κ1) is 19.9. The van der Waals surface area contributed by atoms with E-state index < -0.39 is 0 Å². The predicted octanol–water partition coefficient (Wildman–Crippen LogP) is 3.82. The van der Waals surface area contributed by atoms with Crippen molar-refractivity contribution in [2.45, 2.75) is 38.0 Å². The van der Waals surface area contributed by atoms with Gasteiger partial charge in [0, 0.05) is 56.8 Å². The summed E-state index contributed by atoms with van der Waals surface area (Å²) in [4.78, 5) is 20.9. The molecule has 0 saturated carbocycles. The van der Waals surface area contributed by atoms with Gasteiger partial charge < -0.3 is 14.5 Å². The minimum Gasteiger partial charge on any atom is -0.381 e. The lowest BCUT2D eigenvalue weighted by Crippen LogP contribution is -2.45. The fraction of sp³-hybridized carbons (Fsp3) is 0.500. The largest absolute Gasteiger partial charge is 0.381 e. The fourth-order valence-electron chi connectivity index (χ4n) is 4.40. The van der Waals surface area contributed by atoms with E-state index in [1.165, 1.54) is 16.8 Å². The van der Waals surface area contributed by atoms with Gasteiger partial charge in [-0.1, -0.05) is 18.2 Å². The van der Waals surface area contributed by atoms with E-state index in [1.807, 2.05) is 30.3 Å². The molecule has 1 amide bonds. The molecule has 5 nitrogen and oxygen atoms in total. The van der Waals surface area contributed by atoms with Crippen LogP contribution >= 0.6 is 0 Å². The van der Waals surface area contributed by atoms with E-state index >= 15 is 0 Å². The third-order valence-electron chi connectivity index (χ3n) is 6.28. The van der Waals surface area contributed by atoms with Crippen molar-refractivity contribution in [3.63, 3.8) is 0 Å². The van der Waals surface area contributed by atoms with Gasteiger partial charge in [0.15, 0.2) is 0 Å². The number of carbonyl (C=O) groups is 1. The Morgan fingerprint density at radius 3 is 2.48 bits per heavy atom. The fourth-order valence-corrected chi connectivity index (χ4v) is 4.40. The number of anilines is 1. The van der Waals surface area contributed by atoms with Crippen molar-refractivity contribution < 1.29 is 9.53 Å². The number of ether oxygens (including phenoxy) is 1. The monoisotopic (exact) mass is 393 g/mol. The summed E-state index contributed by atoms with van der Waals surface area (Å²) in [6.07, 6.45) is 6.42. The van der Waals surface area contributed by atoms with Crippen molar-refractivity contribution >= 4 is 11.6 Å². The number of rotatable bonds is 7. The van der Waals surface area contributed by atoms with Crippen LogP contribution in [0, 0.1) is 0 Å². The number of hydrogen-bond acceptors (Lipinski definition) is 4. The Morgan fingerprint density at radius 2 is 1.83 bits per heavy atom. The first-order valence-corrected chi connectivity index (χ1v) is 10.8. The second-order valence-electron chi connectivity index (χ2n) is 8.08. The van der Waals surface area contributed by atoms with Gasteiger partial charge in [-0.05, 0) is 55.0 Å². The van der Waals surface area contributed by atoms with Crippen LogP contribution in [0.25, 0.3) is 0 Å². The summed E-state index contributed by atoms with van der Waals surface area (Å²) < 4.78 is 5.31. The summed E-state index contributed by atoms with van der Waals surface area (Å²) in [7, 11) is 0. The van der Waals surface area contributed by atoms with E-state index in [0.717, 1.165) is 39.0 Å². The lowest BCUT2D eigenvalue weighted by atomic mass is 9.88. The van der Waals surface area contributed by atoms with Crippen LogP contribution in [-0.2, 0) is 9.53 Å². The van der Waals surface area contributed by atoms with Gasteiger partial charge in [0.2, 0.25) is 5.91 Å². The predicted molar refractivity (Wildman–Crippen MR) is 115 cm³/mol. The quantitative estimate of drug-likeness (QED) is 0.671. The summed E-state index contributed by atoms with van der Waals surface area (Å²) in [6.45, 7) is 7.01. The van der Waals surface area contributed by atoms with Crippen LogP contribution in [0.2, 0.25) is 0 Å². The molecule has 29 heavy (non-hydrogen) atoms. The van der Waals surface area contributed by atoms with E-state index in [0.29, 0.717) is 31.5 Å². The van der Waals surface area contributed by atoms with Crippen molar-refractivity contribution in [2.75, 3.05) is 44.3 Å². The van der Waals surface area contributed by atoms with Crippen LogP contribution in [0.5, 0.6) is 0 Å². The highest BCUT2D eigenvalue weighted by Gasteiger charge is 2.29. The zero-order chi connectivity index (χ0) is 20.1. The van der Waals surface area contributed by atoms with Gasteiger partial charge in [0.25, 0.3) is 0 Å². The molecule has 2 aliphatic rings. The number of benzene rings is 1. The summed E-state index contributed by atoms with van der Waals surface area (Å²) in [6, 6.07) is 13.3. The second kappa shape index (κ2) is 9.40. The van der Waals surface area contributed by atoms with E-state index in [9.17, 15) is 4.79 Å². The Hall–Kier alpha value is -2.40. The van der Waals surface area contributed by atoms with Crippen LogP contribution in [0.15, 0.2) is 48.8 Å². The van der Waals surface area contributed by atoms with E-state index in [-0.39, 0.29) is 5.91 Å². The number of pyridine rings is 1. The first-order valence-electron chi connectivity index (χ1n) is 10.8. The Kier molecular flexibility index (Phi) is 6.45. The van der Waals surface area contributed by atoms with Gasteiger partial charge in [-0.25, -0.2) is 0 Å². The molecule has 2 aliphatic heterocycles. The second-order valence-corrected chi connectivity index (χ2v) is 8.08. The zero-order valence-electron chi connectivity index (χ0n) is 17.3. The molecule has 0 unspecified atom stereocenters. The maximum Gasteiger partial charge on any atom is 0.224 e. The SMILES string of the molecule is CCOCCC(=O)N1CCC(c2ccc(N3CC(c4cccnc4)C3)cc2)CC1. The third-order valence-corrected chi connectivity index (χ3v) is 6.28. The number of nitrogens with zero attached hydrogens (tertiary/aromatic N) is 3. The summed E-state index contributed by atoms with van der Waals surface area (Å²) in [5, 5.41) is 0. The van der Waals surface area contributed by atoms with Gasteiger partial charge in [-0.2, -0.15) is 0 Å². The molecule has 2 fully saturated rings. The van der Waals surface area contributed by atoms with E-state index in [1.54, 1.807) is 0 Å². The lowest BCUT2D eigenvalue weighted by Gasteiger charge is -2.41. The molecule has 5 heteroatoms. The van der Waals surface area contributed by atoms with Gasteiger partial charge in [-0.15, -0.1) is 0 Å². The molecule has 2 saturated heterocycles. The Bertz CT molecular complexity index is 780. The molecular formula is C24H31N3O2. The molecule has 0 bridgehead atoms. The van der Waals surface area contributed by atoms with Crippen LogP contribution in [-0.4, -0.2) is 55.2 Å². The zero-order valence-corrected chi connectivity index (χ0v) is 17.3. The maximum atomic E-state index is 12.2. The van der Waals surface area contributed by atoms with Crippen molar-refractivity contribution in [1.29, 1.82) is 0 Å². The Balaban J connectivity index is 1.25. The van der Waals surface area contributed by atoms with Crippen LogP contribution in [0.1, 0.15) is 49.1 Å². The average molecular weight is 394 g/mol. The number of amides is 1. The first-order chi connectivity index (χ1) is 14.2. The summed E-state index contributed by atoms with van der Waals surface area (Å²) in [5.41, 5.74) is 4.04. The third kappa shape index (κ3) is 4.78. The molecule has 1 aromatic carbocycles. The minimum absolute atomic E-state index is 0.230. The molecule has 1 aromatic heterocycles. The molecule has 0 spiro atoms. The van der Waals surface area contributed by atoms with Gasteiger partial charge in [0.05, 0.1) is 13.0 Å². The highest BCUT2D eigenvalue weighted by molar-refractivity contribution is 5.76.